The van der Waals surface area contributed by atoms with Gasteiger partial charge in [0, 0.05) is 18.8 Å². The van der Waals surface area contributed by atoms with Crippen LogP contribution in [0.1, 0.15) is 30.5 Å². The number of hydrogen-bond donors (Lipinski definition) is 1. The highest BCUT2D eigenvalue weighted by molar-refractivity contribution is 6.76. The zero-order chi connectivity index (χ0) is 44.8. The Morgan fingerprint density at radius 3 is 1.81 bits per heavy atom. The molecule has 0 amide bonds. The highest BCUT2D eigenvalue weighted by Gasteiger charge is 2.57. The Hall–Kier alpha value is -4.72. The molecule has 2 fully saturated rings. The largest absolute Gasteiger partial charge is 0.497 e. The van der Waals surface area contributed by atoms with Gasteiger partial charge in [-0.25, -0.2) is 4.79 Å². The van der Waals surface area contributed by atoms with Crippen molar-refractivity contribution >= 4 is 58.6 Å². The Kier molecular flexibility index (Phi) is 18.0. The summed E-state index contributed by atoms with van der Waals surface area (Å²) in [5, 5.41) is 12.3. The molecule has 3 aromatic carbocycles. The molecule has 21 heteroatoms. The molecule has 0 bridgehead atoms. The Morgan fingerprint density at radius 1 is 0.726 bits per heavy atom. The fourth-order valence-electron chi connectivity index (χ4n) is 6.56. The molecule has 10 atom stereocenters. The van der Waals surface area contributed by atoms with Crippen molar-refractivity contribution in [1.29, 1.82) is 5.41 Å². The van der Waals surface area contributed by atoms with Crippen molar-refractivity contribution in [3.8, 4) is 5.75 Å². The summed E-state index contributed by atoms with van der Waals surface area (Å²) in [5.74, 6) is -2.86. The van der Waals surface area contributed by atoms with Gasteiger partial charge in [0.25, 0.3) is 3.79 Å². The van der Waals surface area contributed by atoms with E-state index in [-0.39, 0.29) is 19.8 Å². The van der Waals surface area contributed by atoms with E-state index in [1.165, 1.54) is 6.92 Å². The first-order chi connectivity index (χ1) is 29.7. The van der Waals surface area contributed by atoms with Crippen LogP contribution in [0.25, 0.3) is 10.4 Å². The fraction of sp³-hybridized carbons (Fsp3) is 0.463. The van der Waals surface area contributed by atoms with Crippen LogP contribution in [0.15, 0.2) is 90.0 Å². The van der Waals surface area contributed by atoms with Crippen LogP contribution in [0.2, 0.25) is 0 Å². The van der Waals surface area contributed by atoms with Gasteiger partial charge in [0.1, 0.15) is 48.9 Å². The first-order valence-corrected chi connectivity index (χ1v) is 20.1. The highest BCUT2D eigenvalue weighted by Crippen LogP contribution is 2.38. The van der Waals surface area contributed by atoms with E-state index in [0.29, 0.717) is 11.3 Å². The summed E-state index contributed by atoms with van der Waals surface area (Å²) in [4.78, 5) is 41.7. The molecule has 0 aromatic heterocycles. The van der Waals surface area contributed by atoms with Crippen molar-refractivity contribution in [3.63, 3.8) is 0 Å². The molecule has 1 N–H and O–H groups in total. The van der Waals surface area contributed by atoms with E-state index in [1.807, 2.05) is 30.3 Å². The Balaban J connectivity index is 1.59. The fourth-order valence-corrected chi connectivity index (χ4v) is 6.70. The van der Waals surface area contributed by atoms with Crippen LogP contribution >= 0.6 is 34.8 Å². The van der Waals surface area contributed by atoms with Crippen LogP contribution in [-0.4, -0.2) is 110 Å². The number of carbonyl (C=O) groups excluding carboxylic acids is 3. The minimum atomic E-state index is -2.41. The van der Waals surface area contributed by atoms with Crippen LogP contribution in [0.3, 0.4) is 0 Å². The summed E-state index contributed by atoms with van der Waals surface area (Å²) in [6.07, 6.45) is -13.5. The molecular weight excluding hydrogens is 879 g/mol. The molecule has 5 rings (SSSR count). The van der Waals surface area contributed by atoms with Gasteiger partial charge in [-0.3, -0.25) is 15.0 Å². The van der Waals surface area contributed by atoms with E-state index >= 15 is 0 Å². The van der Waals surface area contributed by atoms with Crippen molar-refractivity contribution in [2.24, 2.45) is 5.11 Å². The van der Waals surface area contributed by atoms with E-state index in [4.69, 9.17) is 92.3 Å². The van der Waals surface area contributed by atoms with E-state index in [0.717, 1.165) is 25.2 Å². The van der Waals surface area contributed by atoms with Gasteiger partial charge in [0.2, 0.25) is 12.2 Å². The molecule has 2 aliphatic rings. The van der Waals surface area contributed by atoms with Gasteiger partial charge in [-0.1, -0.05) is 113 Å². The molecule has 1 unspecified atom stereocenters. The molecule has 0 saturated carbocycles. The summed E-state index contributed by atoms with van der Waals surface area (Å²) in [6.45, 7) is 1.74. The number of carbonyl (C=O) groups is 3. The second-order valence-electron chi connectivity index (χ2n) is 13.8. The molecule has 18 nitrogen and oxygen atoms in total. The number of methoxy groups -OCH3 is 2. The SMILES string of the molecule is COC(=O)[C@@H]1OC(OC(=N)C(Cl)(Cl)Cl)[C@H](OC(C)=O)[C@@H](OCc2ccccc2)[C@@H]1O[C@H]1O[C@H](COC(C)=O)[C@@H](OCc2ccc(OC)cc2)[C@H](OCc2ccccc2)[C@H]1N=[N+]=[N-]. The van der Waals surface area contributed by atoms with E-state index in [9.17, 15) is 19.9 Å². The number of azide groups is 1. The predicted octanol–water partition coefficient (Wildman–Crippen LogP) is 6.30. The second-order valence-corrected chi connectivity index (χ2v) is 16.0. The lowest BCUT2D eigenvalue weighted by Crippen LogP contribution is -2.67. The van der Waals surface area contributed by atoms with Crippen molar-refractivity contribution in [2.45, 2.75) is 98.8 Å². The highest BCUT2D eigenvalue weighted by atomic mass is 35.6. The molecule has 0 radical (unpaired) electrons. The van der Waals surface area contributed by atoms with Crippen LogP contribution in [0.4, 0.5) is 0 Å². The monoisotopic (exact) mass is 922 g/mol. The quantitative estimate of drug-likeness (QED) is 0.0216. The number of benzene rings is 3. The third kappa shape index (κ3) is 13.4. The number of alkyl halides is 3. The standard InChI is InChI=1S/C41H45Cl3N4O14/c1-23(49)54-22-29-31(55-21-27-15-17-28(52-3)18-16-27)32(56-19-25-11-7-5-8-12-25)30(47-48-46)38(59-29)60-34-33(57-20-26-13-9-6-10-14-26)36(58-24(2)50)39(61-35(34)37(51)53-4)62-40(45)41(42,43)44/h5-18,29-36,38-39,45H,19-22H2,1-4H3/t29-,30-,31-,32-,33+,34+,35-,36-,38-,39?/m1/s1. The van der Waals surface area contributed by atoms with Crippen molar-refractivity contribution in [3.05, 3.63) is 112 Å². The Bertz CT molecular complexity index is 1990. The molecule has 2 saturated heterocycles. The lowest BCUT2D eigenvalue weighted by Gasteiger charge is -2.48. The normalized spacial score (nSPS) is 26.0. The second kappa shape index (κ2) is 23.1. The van der Waals surface area contributed by atoms with Crippen LogP contribution in [-0.2, 0) is 81.6 Å². The van der Waals surface area contributed by atoms with Crippen LogP contribution in [0, 0.1) is 5.41 Å². The molecule has 0 aliphatic carbocycles. The summed E-state index contributed by atoms with van der Waals surface area (Å²) >= 11 is 17.8. The lowest BCUT2D eigenvalue weighted by molar-refractivity contribution is -0.343. The van der Waals surface area contributed by atoms with Gasteiger partial charge < -0.3 is 52.1 Å². The van der Waals surface area contributed by atoms with Gasteiger partial charge in [0.05, 0.1) is 34.0 Å². The van der Waals surface area contributed by atoms with E-state index in [1.54, 1.807) is 61.7 Å². The Labute approximate surface area is 371 Å². The first kappa shape index (κ1) is 48.3. The predicted molar refractivity (Wildman–Crippen MR) is 220 cm³/mol. The average Bonchev–Trinajstić information content (AvgIpc) is 3.25. The lowest BCUT2D eigenvalue weighted by atomic mass is 9.95. The zero-order valence-corrected chi connectivity index (χ0v) is 36.1. The van der Waals surface area contributed by atoms with E-state index in [2.05, 4.69) is 10.0 Å². The number of hydrogen-bond acceptors (Lipinski definition) is 16. The summed E-state index contributed by atoms with van der Waals surface area (Å²) < 4.78 is 63.1. The van der Waals surface area contributed by atoms with Crippen molar-refractivity contribution < 1.29 is 66.5 Å². The third-order valence-corrected chi connectivity index (χ3v) is 9.95. The third-order valence-electron chi connectivity index (χ3n) is 9.44. The Morgan fingerprint density at radius 2 is 1.29 bits per heavy atom. The van der Waals surface area contributed by atoms with Crippen LogP contribution < -0.4 is 4.74 Å². The minimum Gasteiger partial charge on any atom is -0.497 e. The molecular formula is C41H45Cl3N4O14. The van der Waals surface area contributed by atoms with Gasteiger partial charge in [-0.15, -0.1) is 0 Å². The first-order valence-electron chi connectivity index (χ1n) is 19.0. The molecule has 2 heterocycles. The maximum absolute atomic E-state index is 13.7. The average molecular weight is 924 g/mol. The zero-order valence-electron chi connectivity index (χ0n) is 33.9. The molecule has 334 valence electrons. The minimum absolute atomic E-state index is 0.000761. The van der Waals surface area contributed by atoms with Crippen molar-refractivity contribution in [2.75, 3.05) is 20.8 Å². The molecule has 3 aromatic rings. The van der Waals surface area contributed by atoms with E-state index < -0.39 is 95.6 Å². The van der Waals surface area contributed by atoms with Gasteiger partial charge in [-0.2, -0.15) is 0 Å². The number of halogens is 3. The van der Waals surface area contributed by atoms with Gasteiger partial charge in [0.15, 0.2) is 18.5 Å². The molecule has 2 aliphatic heterocycles. The number of nitrogens with zero attached hydrogens (tertiary/aromatic N) is 3. The number of rotatable bonds is 18. The molecule has 0 spiro atoms. The number of esters is 3. The maximum atomic E-state index is 13.7. The summed E-state index contributed by atoms with van der Waals surface area (Å²) in [7, 11) is 2.62. The number of nitrogens with one attached hydrogen (secondary N) is 1. The summed E-state index contributed by atoms with van der Waals surface area (Å²) in [6, 6.07) is 23.6. The van der Waals surface area contributed by atoms with Crippen molar-refractivity contribution in [1.82, 2.24) is 0 Å². The maximum Gasteiger partial charge on any atom is 0.338 e. The van der Waals surface area contributed by atoms with Crippen LogP contribution in [0.5, 0.6) is 5.75 Å². The molecule has 62 heavy (non-hydrogen) atoms. The van der Waals surface area contributed by atoms with Gasteiger partial charge >= 0.3 is 17.9 Å². The van der Waals surface area contributed by atoms with Gasteiger partial charge in [-0.05, 0) is 34.4 Å². The smallest absolute Gasteiger partial charge is 0.338 e. The topological polar surface area (TPSA) is 225 Å². The summed E-state index contributed by atoms with van der Waals surface area (Å²) in [5.41, 5.74) is 12.1. The number of ether oxygens (including phenoxy) is 11.